The molecule has 74 valence electrons. The maximum Gasteiger partial charge on any atom is 0.246 e. The molecule has 13 heavy (non-hydrogen) atoms. The van der Waals surface area contributed by atoms with Gasteiger partial charge in [-0.15, -0.1) is 5.10 Å². The van der Waals surface area contributed by atoms with E-state index in [0.717, 1.165) is 9.45 Å². The summed E-state index contributed by atoms with van der Waals surface area (Å²) in [6.07, 6.45) is 2.19. The van der Waals surface area contributed by atoms with Crippen molar-refractivity contribution < 1.29 is 4.74 Å². The molecule has 0 N–H and O–H groups in total. The molecule has 0 aliphatic rings. The van der Waals surface area contributed by atoms with E-state index in [1.165, 1.54) is 0 Å². The lowest BCUT2D eigenvalue weighted by Gasteiger charge is -2.07. The molecule has 0 unspecified atom stereocenters. The third-order valence-corrected chi connectivity index (χ3v) is 2.27. The maximum atomic E-state index is 5.54. The van der Waals surface area contributed by atoms with Gasteiger partial charge in [-0.25, -0.2) is 0 Å². The Bertz CT molecular complexity index is 281. The highest BCUT2D eigenvalue weighted by atomic mass is 127. The fourth-order valence-electron chi connectivity index (χ4n) is 0.921. The van der Waals surface area contributed by atoms with E-state index in [1.54, 1.807) is 0 Å². The van der Waals surface area contributed by atoms with Crippen molar-refractivity contribution >= 4 is 22.6 Å². The van der Waals surface area contributed by atoms with Gasteiger partial charge in [0.25, 0.3) is 0 Å². The van der Waals surface area contributed by atoms with Gasteiger partial charge in [0.05, 0.1) is 9.67 Å². The summed E-state index contributed by atoms with van der Waals surface area (Å²) in [4.78, 5) is 0. The summed E-state index contributed by atoms with van der Waals surface area (Å²) < 4.78 is 8.52. The number of ether oxygens (including phenoxy) is 1. The van der Waals surface area contributed by atoms with Crippen LogP contribution in [0.5, 0.6) is 5.88 Å². The molecule has 0 aliphatic carbocycles. The summed E-state index contributed by atoms with van der Waals surface area (Å²) in [5.41, 5.74) is 0. The van der Waals surface area contributed by atoms with Crippen molar-refractivity contribution in [2.75, 3.05) is 0 Å². The van der Waals surface area contributed by atoms with Gasteiger partial charge >= 0.3 is 0 Å². The fraction of sp³-hybridized carbons (Fsp3) is 0.667. The predicted molar refractivity (Wildman–Crippen MR) is 61.1 cm³/mol. The van der Waals surface area contributed by atoms with Gasteiger partial charge in [0.1, 0.15) is 0 Å². The number of nitrogens with zero attached hydrogens (tertiary/aromatic N) is 2. The highest BCUT2D eigenvalue weighted by Crippen LogP contribution is 2.21. The van der Waals surface area contributed by atoms with E-state index >= 15 is 0 Å². The maximum absolute atomic E-state index is 5.54. The molecule has 0 fully saturated rings. The molecular weight excluding hydrogens is 279 g/mol. The van der Waals surface area contributed by atoms with Gasteiger partial charge in [0, 0.05) is 12.2 Å². The van der Waals surface area contributed by atoms with Gasteiger partial charge in [0.2, 0.25) is 5.88 Å². The van der Waals surface area contributed by atoms with Gasteiger partial charge in [-0.3, -0.25) is 4.68 Å². The Morgan fingerprint density at radius 3 is 2.38 bits per heavy atom. The third-order valence-electron chi connectivity index (χ3n) is 1.53. The van der Waals surface area contributed by atoms with Crippen LogP contribution in [0.25, 0.3) is 0 Å². The topological polar surface area (TPSA) is 27.1 Å². The monoisotopic (exact) mass is 294 g/mol. The zero-order valence-electron chi connectivity index (χ0n) is 8.41. The van der Waals surface area contributed by atoms with E-state index in [4.69, 9.17) is 4.74 Å². The first-order valence-corrected chi connectivity index (χ1v) is 5.50. The smallest absolute Gasteiger partial charge is 0.246 e. The molecule has 3 nitrogen and oxygen atoms in total. The summed E-state index contributed by atoms with van der Waals surface area (Å²) in [7, 11) is 0. The molecule has 1 heterocycles. The largest absolute Gasteiger partial charge is 0.473 e. The Morgan fingerprint density at radius 1 is 1.38 bits per heavy atom. The van der Waals surface area contributed by atoms with Crippen LogP contribution in [0.15, 0.2) is 6.20 Å². The molecule has 0 saturated heterocycles. The lowest BCUT2D eigenvalue weighted by atomic mass is 10.4. The summed E-state index contributed by atoms with van der Waals surface area (Å²) in [6, 6.07) is 0.387. The average Bonchev–Trinajstić information content (AvgIpc) is 2.31. The summed E-state index contributed by atoms with van der Waals surface area (Å²) >= 11 is 2.24. The van der Waals surface area contributed by atoms with Crippen LogP contribution in [-0.4, -0.2) is 15.9 Å². The van der Waals surface area contributed by atoms with E-state index in [2.05, 4.69) is 41.5 Å². The minimum absolute atomic E-state index is 0.184. The van der Waals surface area contributed by atoms with Gasteiger partial charge in [-0.05, 0) is 50.3 Å². The molecule has 4 heteroatoms. The molecule has 1 aromatic heterocycles. The van der Waals surface area contributed by atoms with Gasteiger partial charge in [0.15, 0.2) is 0 Å². The molecule has 0 amide bonds. The number of rotatable bonds is 3. The zero-order valence-corrected chi connectivity index (χ0v) is 10.6. The van der Waals surface area contributed by atoms with Crippen LogP contribution in [0.2, 0.25) is 0 Å². The van der Waals surface area contributed by atoms with Crippen LogP contribution in [0.3, 0.4) is 0 Å². The minimum atomic E-state index is 0.184. The first-order valence-electron chi connectivity index (χ1n) is 4.42. The summed E-state index contributed by atoms with van der Waals surface area (Å²) in [5.74, 6) is 0.740. The minimum Gasteiger partial charge on any atom is -0.473 e. The standard InChI is InChI=1S/C9H15IN2O/c1-6(2)12-5-8(10)9(11-12)13-7(3)4/h5-7H,1-4H3. The van der Waals surface area contributed by atoms with Crippen LogP contribution in [0.1, 0.15) is 33.7 Å². The van der Waals surface area contributed by atoms with E-state index in [1.807, 2.05) is 24.7 Å². The van der Waals surface area contributed by atoms with Crippen LogP contribution in [0.4, 0.5) is 0 Å². The van der Waals surface area contributed by atoms with Gasteiger partial charge < -0.3 is 4.74 Å². The van der Waals surface area contributed by atoms with Crippen molar-refractivity contribution in [3.05, 3.63) is 9.77 Å². The van der Waals surface area contributed by atoms with E-state index in [0.29, 0.717) is 6.04 Å². The normalized spacial score (nSPS) is 11.3. The molecule has 0 radical (unpaired) electrons. The summed E-state index contributed by atoms with van der Waals surface area (Å²) in [5, 5.41) is 4.34. The molecule has 1 aromatic rings. The van der Waals surface area contributed by atoms with Crippen molar-refractivity contribution in [3.8, 4) is 5.88 Å². The van der Waals surface area contributed by atoms with Crippen molar-refractivity contribution in [3.63, 3.8) is 0 Å². The zero-order chi connectivity index (χ0) is 10.0. The predicted octanol–water partition coefficient (Wildman–Crippen LogP) is 2.86. The fourth-order valence-corrected chi connectivity index (χ4v) is 1.44. The lowest BCUT2D eigenvalue weighted by molar-refractivity contribution is 0.227. The first-order chi connectivity index (χ1) is 6.00. The van der Waals surface area contributed by atoms with Crippen molar-refractivity contribution in [1.82, 2.24) is 9.78 Å². The van der Waals surface area contributed by atoms with E-state index < -0.39 is 0 Å². The molecule has 0 bridgehead atoms. The van der Waals surface area contributed by atoms with Gasteiger partial charge in [-0.1, -0.05) is 0 Å². The van der Waals surface area contributed by atoms with Crippen LogP contribution >= 0.6 is 22.6 Å². The van der Waals surface area contributed by atoms with Gasteiger partial charge in [-0.2, -0.15) is 0 Å². The Balaban J connectivity index is 2.83. The van der Waals surface area contributed by atoms with Crippen LogP contribution < -0.4 is 4.74 Å². The van der Waals surface area contributed by atoms with Crippen molar-refractivity contribution in [2.45, 2.75) is 39.8 Å². The Morgan fingerprint density at radius 2 is 2.00 bits per heavy atom. The molecule has 0 aromatic carbocycles. The molecule has 0 atom stereocenters. The van der Waals surface area contributed by atoms with Crippen LogP contribution in [0, 0.1) is 3.57 Å². The third kappa shape index (κ3) is 2.86. The van der Waals surface area contributed by atoms with E-state index in [-0.39, 0.29) is 6.10 Å². The van der Waals surface area contributed by atoms with Crippen LogP contribution in [-0.2, 0) is 0 Å². The first kappa shape index (κ1) is 10.8. The molecule has 1 rings (SSSR count). The number of hydrogen-bond acceptors (Lipinski definition) is 2. The quantitative estimate of drug-likeness (QED) is 0.802. The second kappa shape index (κ2) is 4.30. The Hall–Kier alpha value is -0.260. The molecular formula is C9H15IN2O. The van der Waals surface area contributed by atoms with Crippen molar-refractivity contribution in [1.29, 1.82) is 0 Å². The highest BCUT2D eigenvalue weighted by molar-refractivity contribution is 14.1. The van der Waals surface area contributed by atoms with E-state index in [9.17, 15) is 0 Å². The molecule has 0 saturated carbocycles. The second-order valence-electron chi connectivity index (χ2n) is 3.52. The van der Waals surface area contributed by atoms with Crippen molar-refractivity contribution in [2.24, 2.45) is 0 Å². The highest BCUT2D eigenvalue weighted by Gasteiger charge is 2.10. The Kier molecular flexibility index (Phi) is 3.58. The number of hydrogen-bond donors (Lipinski definition) is 0. The molecule has 0 aliphatic heterocycles. The SMILES string of the molecule is CC(C)Oc1nn(C(C)C)cc1I. The number of halogens is 1. The molecule has 0 spiro atoms. The Labute approximate surface area is 92.6 Å². The lowest BCUT2D eigenvalue weighted by Crippen LogP contribution is -2.08. The second-order valence-corrected chi connectivity index (χ2v) is 4.68. The summed E-state index contributed by atoms with van der Waals surface area (Å²) in [6.45, 7) is 8.21. The number of aromatic nitrogens is 2. The average molecular weight is 294 g/mol.